The van der Waals surface area contributed by atoms with E-state index in [2.05, 4.69) is 21.2 Å². The number of hydrogen-bond donors (Lipinski definition) is 1. The summed E-state index contributed by atoms with van der Waals surface area (Å²) < 4.78 is 11.7. The van der Waals surface area contributed by atoms with Crippen molar-refractivity contribution in [3.63, 3.8) is 0 Å². The van der Waals surface area contributed by atoms with Gasteiger partial charge < -0.3 is 14.5 Å². The Labute approximate surface area is 204 Å². The van der Waals surface area contributed by atoms with Gasteiger partial charge in [-0.25, -0.2) is 4.79 Å². The van der Waals surface area contributed by atoms with Gasteiger partial charge in [0.05, 0.1) is 0 Å². The van der Waals surface area contributed by atoms with Crippen LogP contribution >= 0.6 is 15.9 Å². The van der Waals surface area contributed by atoms with E-state index in [0.29, 0.717) is 22.6 Å². The summed E-state index contributed by atoms with van der Waals surface area (Å²) >= 11 is 3.38. The summed E-state index contributed by atoms with van der Waals surface area (Å²) in [5.41, 5.74) is 2.74. The Hall–Kier alpha value is -3.97. The van der Waals surface area contributed by atoms with Gasteiger partial charge in [-0.15, -0.1) is 0 Å². The van der Waals surface area contributed by atoms with Gasteiger partial charge in [0.2, 0.25) is 0 Å². The number of aryl methyl sites for hydroxylation is 1. The van der Waals surface area contributed by atoms with Crippen LogP contribution in [-0.4, -0.2) is 18.3 Å². The lowest BCUT2D eigenvalue weighted by Crippen LogP contribution is -2.20. The molecule has 0 spiro atoms. The van der Waals surface area contributed by atoms with E-state index in [1.807, 2.05) is 31.2 Å². The van der Waals surface area contributed by atoms with Crippen molar-refractivity contribution in [2.24, 2.45) is 0 Å². The SMILES string of the molecule is Cc1cc(=O)oc2cc(OCC(=O)Nc3ccc(C(=O)/C=C/c4ccc(Br)cc4)cc3)ccc12. The third-order valence-corrected chi connectivity index (χ3v) is 5.57. The molecule has 1 aromatic heterocycles. The standard InChI is InChI=1S/C27H20BrNO5/c1-17-14-27(32)34-25-15-22(11-12-23(17)25)33-16-26(31)29-21-9-5-19(6-10-21)24(30)13-4-18-2-7-20(28)8-3-18/h2-15H,16H2,1H3,(H,29,31)/b13-4+. The highest BCUT2D eigenvalue weighted by Gasteiger charge is 2.08. The monoisotopic (exact) mass is 517 g/mol. The molecule has 1 heterocycles. The first-order valence-electron chi connectivity index (χ1n) is 10.4. The molecule has 0 saturated carbocycles. The van der Waals surface area contributed by atoms with Gasteiger partial charge in [0.25, 0.3) is 5.91 Å². The molecule has 34 heavy (non-hydrogen) atoms. The van der Waals surface area contributed by atoms with Crippen molar-refractivity contribution in [1.29, 1.82) is 0 Å². The summed E-state index contributed by atoms with van der Waals surface area (Å²) in [6, 6.07) is 20.7. The van der Waals surface area contributed by atoms with E-state index in [1.165, 1.54) is 12.1 Å². The number of carbonyl (C=O) groups is 2. The van der Waals surface area contributed by atoms with Crippen LogP contribution in [0.2, 0.25) is 0 Å². The topological polar surface area (TPSA) is 85.6 Å². The molecule has 0 bridgehead atoms. The number of halogens is 1. The number of ketones is 1. The molecule has 0 atom stereocenters. The molecule has 1 amide bonds. The van der Waals surface area contributed by atoms with Crippen LogP contribution in [0.3, 0.4) is 0 Å². The van der Waals surface area contributed by atoms with Crippen LogP contribution in [0, 0.1) is 6.92 Å². The Bertz CT molecular complexity index is 1440. The van der Waals surface area contributed by atoms with Crippen molar-refractivity contribution >= 4 is 50.4 Å². The Morgan fingerprint density at radius 1 is 1.00 bits per heavy atom. The lowest BCUT2D eigenvalue weighted by molar-refractivity contribution is -0.118. The molecule has 0 saturated heterocycles. The van der Waals surface area contributed by atoms with Gasteiger partial charge in [-0.2, -0.15) is 0 Å². The van der Waals surface area contributed by atoms with Crippen molar-refractivity contribution in [1.82, 2.24) is 0 Å². The molecule has 7 heteroatoms. The van der Waals surface area contributed by atoms with E-state index in [-0.39, 0.29) is 18.3 Å². The average molecular weight is 518 g/mol. The van der Waals surface area contributed by atoms with Gasteiger partial charge in [0.15, 0.2) is 12.4 Å². The lowest BCUT2D eigenvalue weighted by Gasteiger charge is -2.09. The molecule has 4 rings (SSSR count). The highest BCUT2D eigenvalue weighted by atomic mass is 79.9. The molecule has 0 aliphatic heterocycles. The molecule has 1 N–H and O–H groups in total. The summed E-state index contributed by atoms with van der Waals surface area (Å²) in [4.78, 5) is 36.2. The maximum absolute atomic E-state index is 12.4. The van der Waals surface area contributed by atoms with Gasteiger partial charge in [-0.1, -0.05) is 34.1 Å². The van der Waals surface area contributed by atoms with Crippen LogP contribution in [0.25, 0.3) is 17.0 Å². The summed E-state index contributed by atoms with van der Waals surface area (Å²) in [6.07, 6.45) is 3.26. The molecule has 170 valence electrons. The smallest absolute Gasteiger partial charge is 0.336 e. The zero-order valence-electron chi connectivity index (χ0n) is 18.2. The highest BCUT2D eigenvalue weighted by Crippen LogP contribution is 2.22. The normalized spacial score (nSPS) is 11.0. The molecule has 3 aromatic carbocycles. The first-order chi connectivity index (χ1) is 16.4. The number of rotatable bonds is 7. The van der Waals surface area contributed by atoms with E-state index in [0.717, 1.165) is 21.0 Å². The minimum absolute atomic E-state index is 0.137. The van der Waals surface area contributed by atoms with Gasteiger partial charge >= 0.3 is 5.63 Å². The number of carbonyl (C=O) groups excluding carboxylic acids is 2. The molecule has 6 nitrogen and oxygen atoms in total. The molecular weight excluding hydrogens is 498 g/mol. The van der Waals surface area contributed by atoms with Gasteiger partial charge in [0.1, 0.15) is 11.3 Å². The van der Waals surface area contributed by atoms with Crippen LogP contribution in [0.15, 0.2) is 92.6 Å². The molecular formula is C27H20BrNO5. The second-order valence-corrected chi connectivity index (χ2v) is 8.49. The Balaban J connectivity index is 1.33. The Morgan fingerprint density at radius 3 is 2.47 bits per heavy atom. The van der Waals surface area contributed by atoms with Crippen LogP contribution in [-0.2, 0) is 4.79 Å². The first kappa shape index (κ1) is 23.2. The molecule has 4 aromatic rings. The van der Waals surface area contributed by atoms with E-state index >= 15 is 0 Å². The number of ether oxygens (including phenoxy) is 1. The number of allylic oxidation sites excluding steroid dienone is 1. The first-order valence-corrected chi connectivity index (χ1v) is 11.2. The summed E-state index contributed by atoms with van der Waals surface area (Å²) in [5.74, 6) is -0.0859. The average Bonchev–Trinajstić information content (AvgIpc) is 2.82. The summed E-state index contributed by atoms with van der Waals surface area (Å²) in [7, 11) is 0. The zero-order chi connectivity index (χ0) is 24.1. The van der Waals surface area contributed by atoms with Crippen molar-refractivity contribution in [3.8, 4) is 5.75 Å². The minimum atomic E-state index is -0.439. The van der Waals surface area contributed by atoms with Crippen molar-refractivity contribution in [2.75, 3.05) is 11.9 Å². The number of fused-ring (bicyclic) bond motifs is 1. The molecule has 0 fully saturated rings. The summed E-state index contributed by atoms with van der Waals surface area (Å²) in [5, 5.41) is 3.53. The van der Waals surface area contributed by atoms with E-state index in [9.17, 15) is 14.4 Å². The number of amides is 1. The Kier molecular flexibility index (Phi) is 7.04. The predicted molar refractivity (Wildman–Crippen MR) is 135 cm³/mol. The van der Waals surface area contributed by atoms with Crippen LogP contribution in [0.4, 0.5) is 5.69 Å². The third-order valence-electron chi connectivity index (χ3n) is 5.04. The van der Waals surface area contributed by atoms with Crippen LogP contribution < -0.4 is 15.7 Å². The maximum atomic E-state index is 12.4. The quantitative estimate of drug-likeness (QED) is 0.191. The predicted octanol–water partition coefficient (Wildman–Crippen LogP) is 5.78. The fourth-order valence-corrected chi connectivity index (χ4v) is 3.57. The number of benzene rings is 3. The fourth-order valence-electron chi connectivity index (χ4n) is 3.30. The number of hydrogen-bond acceptors (Lipinski definition) is 5. The molecule has 0 aliphatic rings. The highest BCUT2D eigenvalue weighted by molar-refractivity contribution is 9.10. The second kappa shape index (κ2) is 10.3. The zero-order valence-corrected chi connectivity index (χ0v) is 19.8. The van der Waals surface area contributed by atoms with E-state index in [4.69, 9.17) is 9.15 Å². The fraction of sp³-hybridized carbons (Fsp3) is 0.0741. The van der Waals surface area contributed by atoms with Crippen LogP contribution in [0.5, 0.6) is 5.75 Å². The Morgan fingerprint density at radius 2 is 1.74 bits per heavy atom. The number of nitrogens with one attached hydrogen (secondary N) is 1. The molecule has 0 aliphatic carbocycles. The van der Waals surface area contributed by atoms with Gasteiger partial charge in [0, 0.05) is 33.2 Å². The lowest BCUT2D eigenvalue weighted by atomic mass is 10.1. The third kappa shape index (κ3) is 5.88. The second-order valence-electron chi connectivity index (χ2n) is 7.57. The minimum Gasteiger partial charge on any atom is -0.484 e. The molecule has 0 unspecified atom stereocenters. The van der Waals surface area contributed by atoms with Crippen molar-refractivity contribution in [2.45, 2.75) is 6.92 Å². The molecule has 0 radical (unpaired) electrons. The summed E-state index contributed by atoms with van der Waals surface area (Å²) in [6.45, 7) is 1.60. The van der Waals surface area contributed by atoms with E-state index < -0.39 is 5.63 Å². The van der Waals surface area contributed by atoms with Gasteiger partial charge in [-0.05, 0) is 72.7 Å². The van der Waals surface area contributed by atoms with Crippen molar-refractivity contribution < 1.29 is 18.7 Å². The van der Waals surface area contributed by atoms with Gasteiger partial charge in [-0.3, -0.25) is 9.59 Å². The maximum Gasteiger partial charge on any atom is 0.336 e. The number of anilines is 1. The van der Waals surface area contributed by atoms with E-state index in [1.54, 1.807) is 48.5 Å². The van der Waals surface area contributed by atoms with Crippen LogP contribution in [0.1, 0.15) is 21.5 Å². The van der Waals surface area contributed by atoms with Crippen molar-refractivity contribution in [3.05, 3.63) is 110 Å². The largest absolute Gasteiger partial charge is 0.484 e.